The molecule has 1 fully saturated rings. The Hall–Kier alpha value is -3.23. The van der Waals surface area contributed by atoms with E-state index in [2.05, 4.69) is 48.5 Å². The van der Waals surface area contributed by atoms with E-state index < -0.39 is 10.0 Å². The average Bonchev–Trinajstić information content (AvgIpc) is 2.87. The largest absolute Gasteiger partial charge is 0.411 e. The van der Waals surface area contributed by atoms with Crippen LogP contribution in [0.2, 0.25) is 0 Å². The van der Waals surface area contributed by atoms with Crippen LogP contribution < -0.4 is 5.56 Å². The fourth-order valence-corrected chi connectivity index (χ4v) is 5.90. The molecule has 8 heteroatoms. The lowest BCUT2D eigenvalue weighted by molar-refractivity contribution is 0.317. The lowest BCUT2D eigenvalue weighted by Gasteiger charge is -2.30. The van der Waals surface area contributed by atoms with E-state index in [1.807, 2.05) is 12.1 Å². The van der Waals surface area contributed by atoms with Crippen LogP contribution in [0.3, 0.4) is 0 Å². The predicted molar refractivity (Wildman–Crippen MR) is 142 cm³/mol. The summed E-state index contributed by atoms with van der Waals surface area (Å²) in [6, 6.07) is 19.7. The lowest BCUT2D eigenvalue weighted by Crippen LogP contribution is -2.37. The summed E-state index contributed by atoms with van der Waals surface area (Å²) in [5.74, 6) is 0.0798. The first-order chi connectivity index (χ1) is 17.2. The number of pyridine rings is 1. The molecule has 2 heterocycles. The standard InChI is InChI=1S/C28H33N3O4S/c1-20-6-4-5-7-24(20)18-26(28(29-33)25-12-13-27(32)30(2)19-25)23-10-8-21(9-11-23)22-14-16-31(17-15-22)36(3,34)35/h4-13,19,22,26,33H,14-18H2,1-3H3/b29-28-/t26-/m1/s1. The van der Waals surface area contributed by atoms with Gasteiger partial charge in [-0.05, 0) is 60.4 Å². The van der Waals surface area contributed by atoms with E-state index in [0.29, 0.717) is 36.7 Å². The number of hydrogen-bond donors (Lipinski definition) is 1. The van der Waals surface area contributed by atoms with Gasteiger partial charge in [0, 0.05) is 43.9 Å². The van der Waals surface area contributed by atoms with Crippen LogP contribution in [0.5, 0.6) is 0 Å². The number of rotatable bonds is 7. The molecule has 0 spiro atoms. The zero-order chi connectivity index (χ0) is 25.9. The Kier molecular flexibility index (Phi) is 7.76. The first-order valence-electron chi connectivity index (χ1n) is 12.2. The molecule has 1 aromatic heterocycles. The average molecular weight is 508 g/mol. The van der Waals surface area contributed by atoms with Gasteiger partial charge >= 0.3 is 0 Å². The number of nitrogens with zero attached hydrogens (tertiary/aromatic N) is 3. The third-order valence-electron chi connectivity index (χ3n) is 7.24. The summed E-state index contributed by atoms with van der Waals surface area (Å²) in [5, 5.41) is 13.8. The van der Waals surface area contributed by atoms with Gasteiger partial charge in [0.15, 0.2) is 0 Å². The second-order valence-corrected chi connectivity index (χ2v) is 11.6. The van der Waals surface area contributed by atoms with Crippen molar-refractivity contribution in [1.82, 2.24) is 8.87 Å². The maximum atomic E-state index is 11.9. The van der Waals surface area contributed by atoms with Crippen molar-refractivity contribution in [3.63, 3.8) is 0 Å². The van der Waals surface area contributed by atoms with Gasteiger partial charge in [0.1, 0.15) is 0 Å². The highest BCUT2D eigenvalue weighted by Crippen LogP contribution is 2.32. The summed E-state index contributed by atoms with van der Waals surface area (Å²) < 4.78 is 26.7. The number of sulfonamides is 1. The van der Waals surface area contributed by atoms with Gasteiger partial charge in [0.05, 0.1) is 12.0 Å². The first kappa shape index (κ1) is 25.9. The van der Waals surface area contributed by atoms with Crippen molar-refractivity contribution >= 4 is 15.7 Å². The van der Waals surface area contributed by atoms with Gasteiger partial charge in [-0.1, -0.05) is 53.7 Å². The highest BCUT2D eigenvalue weighted by molar-refractivity contribution is 7.88. The van der Waals surface area contributed by atoms with E-state index in [-0.39, 0.29) is 11.5 Å². The van der Waals surface area contributed by atoms with Gasteiger partial charge in [-0.2, -0.15) is 0 Å². The summed E-state index contributed by atoms with van der Waals surface area (Å²) >= 11 is 0. The van der Waals surface area contributed by atoms with Crippen LogP contribution in [0.4, 0.5) is 0 Å². The topological polar surface area (TPSA) is 92.0 Å². The molecule has 190 valence electrons. The first-order valence-corrected chi connectivity index (χ1v) is 14.0. The maximum absolute atomic E-state index is 11.9. The van der Waals surface area contributed by atoms with Crippen LogP contribution in [0.15, 0.2) is 76.8 Å². The van der Waals surface area contributed by atoms with Crippen LogP contribution in [-0.4, -0.2) is 47.6 Å². The number of benzene rings is 2. The fourth-order valence-electron chi connectivity index (χ4n) is 5.03. The van der Waals surface area contributed by atoms with Gasteiger partial charge in [0.25, 0.3) is 0 Å². The number of aromatic nitrogens is 1. The van der Waals surface area contributed by atoms with Crippen LogP contribution in [0.1, 0.15) is 52.5 Å². The van der Waals surface area contributed by atoms with E-state index in [1.165, 1.54) is 22.5 Å². The predicted octanol–water partition coefficient (Wildman–Crippen LogP) is 4.04. The molecule has 0 unspecified atom stereocenters. The number of oxime groups is 1. The maximum Gasteiger partial charge on any atom is 0.250 e. The van der Waals surface area contributed by atoms with Crippen molar-refractivity contribution in [2.75, 3.05) is 19.3 Å². The molecule has 1 saturated heterocycles. The molecule has 0 bridgehead atoms. The molecule has 0 aliphatic carbocycles. The Labute approximate surface area is 212 Å². The van der Waals surface area contributed by atoms with Crippen molar-refractivity contribution in [3.8, 4) is 0 Å². The molecular weight excluding hydrogens is 474 g/mol. The molecule has 4 rings (SSSR count). The molecular formula is C28H33N3O4S. The minimum Gasteiger partial charge on any atom is -0.411 e. The van der Waals surface area contributed by atoms with Crippen LogP contribution in [0.25, 0.3) is 0 Å². The number of aryl methyl sites for hydroxylation is 2. The summed E-state index contributed by atoms with van der Waals surface area (Å²) in [4.78, 5) is 11.9. The highest BCUT2D eigenvalue weighted by Gasteiger charge is 2.27. The summed E-state index contributed by atoms with van der Waals surface area (Å²) in [6.45, 7) is 3.14. The fraction of sp³-hybridized carbons (Fsp3) is 0.357. The smallest absolute Gasteiger partial charge is 0.250 e. The molecule has 1 aliphatic heterocycles. The van der Waals surface area contributed by atoms with Gasteiger partial charge in [-0.25, -0.2) is 12.7 Å². The molecule has 0 radical (unpaired) electrons. The molecule has 1 N–H and O–H groups in total. The van der Waals surface area contributed by atoms with Gasteiger partial charge in [-0.3, -0.25) is 4.79 Å². The van der Waals surface area contributed by atoms with Gasteiger partial charge in [0.2, 0.25) is 15.6 Å². The zero-order valence-corrected chi connectivity index (χ0v) is 21.8. The molecule has 0 saturated carbocycles. The Morgan fingerprint density at radius 3 is 2.31 bits per heavy atom. The van der Waals surface area contributed by atoms with E-state index in [1.54, 1.807) is 23.6 Å². The van der Waals surface area contributed by atoms with Crippen LogP contribution in [0, 0.1) is 6.92 Å². The molecule has 2 aromatic carbocycles. The summed E-state index contributed by atoms with van der Waals surface area (Å²) in [6.07, 6.45) is 5.19. The second-order valence-electron chi connectivity index (χ2n) is 9.64. The second kappa shape index (κ2) is 10.8. The quantitative estimate of drug-likeness (QED) is 0.297. The minimum atomic E-state index is -3.15. The molecule has 3 aromatic rings. The van der Waals surface area contributed by atoms with Crippen molar-refractivity contribution in [3.05, 3.63) is 105 Å². The molecule has 7 nitrogen and oxygen atoms in total. The van der Waals surface area contributed by atoms with E-state index in [9.17, 15) is 18.4 Å². The normalized spacial score (nSPS) is 16.7. The zero-order valence-electron chi connectivity index (χ0n) is 21.0. The van der Waals surface area contributed by atoms with E-state index in [4.69, 9.17) is 0 Å². The lowest BCUT2D eigenvalue weighted by atomic mass is 9.82. The summed E-state index contributed by atoms with van der Waals surface area (Å²) in [5.41, 5.74) is 5.58. The SMILES string of the molecule is Cc1ccccc1C[C@@H](/C(=N\O)c1ccc(=O)n(C)c1)c1ccc(C2CCN(S(C)(=O)=O)CC2)cc1. The molecule has 0 amide bonds. The Morgan fingerprint density at radius 1 is 1.06 bits per heavy atom. The number of hydrogen-bond acceptors (Lipinski definition) is 5. The Bertz CT molecular complexity index is 1400. The van der Waals surface area contributed by atoms with E-state index >= 15 is 0 Å². The molecule has 1 aliphatic rings. The van der Waals surface area contributed by atoms with Crippen LogP contribution >= 0.6 is 0 Å². The van der Waals surface area contributed by atoms with E-state index in [0.717, 1.165) is 29.5 Å². The summed E-state index contributed by atoms with van der Waals surface area (Å²) in [7, 11) is -1.47. The van der Waals surface area contributed by atoms with Crippen molar-refractivity contribution in [1.29, 1.82) is 0 Å². The van der Waals surface area contributed by atoms with Crippen molar-refractivity contribution < 1.29 is 13.6 Å². The highest BCUT2D eigenvalue weighted by atomic mass is 32.2. The van der Waals surface area contributed by atoms with Gasteiger partial charge < -0.3 is 9.77 Å². The third-order valence-corrected chi connectivity index (χ3v) is 8.54. The van der Waals surface area contributed by atoms with Crippen molar-refractivity contribution in [2.24, 2.45) is 12.2 Å². The minimum absolute atomic E-state index is 0.127. The van der Waals surface area contributed by atoms with Crippen LogP contribution in [-0.2, 0) is 23.5 Å². The number of piperidine rings is 1. The molecule has 36 heavy (non-hydrogen) atoms. The third kappa shape index (κ3) is 5.77. The van der Waals surface area contributed by atoms with Crippen molar-refractivity contribution in [2.45, 2.75) is 38.0 Å². The van der Waals surface area contributed by atoms with Gasteiger partial charge in [-0.15, -0.1) is 0 Å². The monoisotopic (exact) mass is 507 g/mol. The molecule has 1 atom stereocenters. The Morgan fingerprint density at radius 2 is 1.72 bits per heavy atom. The Balaban J connectivity index is 1.65.